The molecular weight excluding hydrogens is 414 g/mol. The van der Waals surface area contributed by atoms with Gasteiger partial charge in [-0.1, -0.05) is 43.0 Å². The Balaban J connectivity index is 1.37. The molecule has 0 unspecified atom stereocenters. The summed E-state index contributed by atoms with van der Waals surface area (Å²) in [6.45, 7) is 3.86. The lowest BCUT2D eigenvalue weighted by molar-refractivity contribution is -0.129. The molecule has 5 rings (SSSR count). The van der Waals surface area contributed by atoms with Crippen molar-refractivity contribution in [2.45, 2.75) is 43.9 Å². The van der Waals surface area contributed by atoms with Crippen LogP contribution in [0, 0.1) is 0 Å². The minimum Gasteiger partial charge on any atom is -0.334 e. The van der Waals surface area contributed by atoms with Crippen LogP contribution in [0.5, 0.6) is 0 Å². The lowest BCUT2D eigenvalue weighted by Gasteiger charge is -2.23. The molecule has 154 valence electrons. The van der Waals surface area contributed by atoms with Crippen LogP contribution >= 0.6 is 23.1 Å². The molecule has 0 saturated carbocycles. The molecule has 1 aliphatic heterocycles. The number of fused-ring (bicyclic) bond motifs is 3. The Hall–Kier alpha value is -2.45. The second-order valence-electron chi connectivity index (χ2n) is 7.48. The number of amides is 1. The van der Waals surface area contributed by atoms with Gasteiger partial charge < -0.3 is 9.47 Å². The first-order valence-corrected chi connectivity index (χ1v) is 12.2. The minimum atomic E-state index is 0.147. The Morgan fingerprint density at radius 2 is 2.13 bits per heavy atom. The molecule has 3 aromatic heterocycles. The van der Waals surface area contributed by atoms with E-state index in [4.69, 9.17) is 4.98 Å². The standard InChI is InChI=1S/C22H23N5OS2/c1-2-11-27-16-8-4-3-7-15(16)20-21(27)23-22(25-24-20)30-14-19(28)26-12-5-9-17(26)18-10-6-13-29-18/h3-4,6-8,10,13,17H,2,5,9,11-12,14H2,1H3/t17-/m0/s1. The van der Waals surface area contributed by atoms with Crippen molar-refractivity contribution < 1.29 is 4.79 Å². The zero-order valence-electron chi connectivity index (χ0n) is 16.8. The quantitative estimate of drug-likeness (QED) is 0.401. The summed E-state index contributed by atoms with van der Waals surface area (Å²) in [4.78, 5) is 21.0. The van der Waals surface area contributed by atoms with Gasteiger partial charge in [0.25, 0.3) is 0 Å². The van der Waals surface area contributed by atoms with Gasteiger partial charge in [-0.25, -0.2) is 4.98 Å². The summed E-state index contributed by atoms with van der Waals surface area (Å²) in [5.41, 5.74) is 2.80. The SMILES string of the molecule is CCCn1c2ccccc2c2nnc(SCC(=O)N3CCC[C@H]3c3cccs3)nc21. The summed E-state index contributed by atoms with van der Waals surface area (Å²) in [5.74, 6) is 0.483. The van der Waals surface area contributed by atoms with Crippen molar-refractivity contribution in [3.05, 3.63) is 46.7 Å². The molecule has 1 amide bonds. The predicted molar refractivity (Wildman–Crippen MR) is 122 cm³/mol. The number of thiophene rings is 1. The van der Waals surface area contributed by atoms with Crippen LogP contribution in [0.2, 0.25) is 0 Å². The maximum absolute atomic E-state index is 12.9. The van der Waals surface area contributed by atoms with Crippen molar-refractivity contribution in [1.29, 1.82) is 0 Å². The lowest BCUT2D eigenvalue weighted by atomic mass is 10.2. The van der Waals surface area contributed by atoms with Crippen molar-refractivity contribution in [3.8, 4) is 0 Å². The van der Waals surface area contributed by atoms with E-state index >= 15 is 0 Å². The highest BCUT2D eigenvalue weighted by atomic mass is 32.2. The molecule has 1 fully saturated rings. The van der Waals surface area contributed by atoms with Crippen LogP contribution in [0.1, 0.15) is 37.1 Å². The molecule has 1 atom stereocenters. The highest BCUT2D eigenvalue weighted by Gasteiger charge is 2.30. The molecular formula is C22H23N5OS2. The maximum atomic E-state index is 12.9. The molecule has 0 radical (unpaired) electrons. The average Bonchev–Trinajstić information content (AvgIpc) is 3.52. The fourth-order valence-electron chi connectivity index (χ4n) is 4.25. The van der Waals surface area contributed by atoms with Crippen molar-refractivity contribution in [2.24, 2.45) is 0 Å². The molecule has 8 heteroatoms. The zero-order chi connectivity index (χ0) is 20.5. The van der Waals surface area contributed by atoms with Gasteiger partial charge in [-0.15, -0.1) is 21.5 Å². The summed E-state index contributed by atoms with van der Waals surface area (Å²) in [6.07, 6.45) is 3.11. The van der Waals surface area contributed by atoms with Crippen LogP contribution in [0.3, 0.4) is 0 Å². The summed E-state index contributed by atoms with van der Waals surface area (Å²) < 4.78 is 2.21. The van der Waals surface area contributed by atoms with E-state index in [2.05, 4.69) is 51.3 Å². The smallest absolute Gasteiger partial charge is 0.233 e. The first kappa shape index (κ1) is 19.5. The number of rotatable bonds is 6. The maximum Gasteiger partial charge on any atom is 0.233 e. The molecule has 1 aromatic carbocycles. The zero-order valence-corrected chi connectivity index (χ0v) is 18.5. The molecule has 6 nitrogen and oxygen atoms in total. The van der Waals surface area contributed by atoms with Gasteiger partial charge in [0.2, 0.25) is 11.1 Å². The number of hydrogen-bond acceptors (Lipinski definition) is 6. The van der Waals surface area contributed by atoms with E-state index < -0.39 is 0 Å². The number of thioether (sulfide) groups is 1. The van der Waals surface area contributed by atoms with Gasteiger partial charge in [0.15, 0.2) is 5.65 Å². The van der Waals surface area contributed by atoms with Gasteiger partial charge in [-0.2, -0.15) is 0 Å². The fourth-order valence-corrected chi connectivity index (χ4v) is 5.79. The number of aromatic nitrogens is 4. The van der Waals surface area contributed by atoms with Crippen LogP contribution < -0.4 is 0 Å². The summed E-state index contributed by atoms with van der Waals surface area (Å²) in [5, 5.41) is 12.5. The number of likely N-dealkylation sites (tertiary alicyclic amines) is 1. The Morgan fingerprint density at radius 3 is 2.97 bits per heavy atom. The van der Waals surface area contributed by atoms with E-state index in [1.54, 1.807) is 11.3 Å². The highest BCUT2D eigenvalue weighted by Crippen LogP contribution is 2.35. The monoisotopic (exact) mass is 437 g/mol. The van der Waals surface area contributed by atoms with Crippen molar-refractivity contribution in [3.63, 3.8) is 0 Å². The molecule has 1 saturated heterocycles. The Labute approximate surface area is 183 Å². The van der Waals surface area contributed by atoms with Gasteiger partial charge >= 0.3 is 0 Å². The van der Waals surface area contributed by atoms with Crippen molar-refractivity contribution in [1.82, 2.24) is 24.6 Å². The second kappa shape index (κ2) is 8.35. The third kappa shape index (κ3) is 3.48. The third-order valence-electron chi connectivity index (χ3n) is 5.57. The number of carbonyl (C=O) groups is 1. The summed E-state index contributed by atoms with van der Waals surface area (Å²) >= 11 is 3.11. The van der Waals surface area contributed by atoms with Crippen molar-refractivity contribution >= 4 is 51.1 Å². The van der Waals surface area contributed by atoms with E-state index in [0.717, 1.165) is 54.4 Å². The van der Waals surface area contributed by atoms with Crippen LogP contribution in [0.15, 0.2) is 46.9 Å². The molecule has 1 aliphatic rings. The second-order valence-corrected chi connectivity index (χ2v) is 9.41. The van der Waals surface area contributed by atoms with Crippen LogP contribution in [0.4, 0.5) is 0 Å². The van der Waals surface area contributed by atoms with Crippen molar-refractivity contribution in [2.75, 3.05) is 12.3 Å². The fraction of sp³-hybridized carbons (Fsp3) is 0.364. The molecule has 30 heavy (non-hydrogen) atoms. The number of aryl methyl sites for hydroxylation is 1. The largest absolute Gasteiger partial charge is 0.334 e. The molecule has 0 bridgehead atoms. The average molecular weight is 438 g/mol. The van der Waals surface area contributed by atoms with Crippen LogP contribution in [-0.2, 0) is 11.3 Å². The van der Waals surface area contributed by atoms with E-state index in [-0.39, 0.29) is 11.9 Å². The first-order valence-electron chi connectivity index (χ1n) is 10.3. The van der Waals surface area contributed by atoms with Gasteiger partial charge in [0.05, 0.1) is 17.3 Å². The number of para-hydroxylation sites is 1. The highest BCUT2D eigenvalue weighted by molar-refractivity contribution is 7.99. The Morgan fingerprint density at radius 1 is 1.23 bits per heavy atom. The van der Waals surface area contributed by atoms with Gasteiger partial charge in [-0.3, -0.25) is 4.79 Å². The lowest BCUT2D eigenvalue weighted by Crippen LogP contribution is -2.31. The van der Waals surface area contributed by atoms with Gasteiger partial charge in [0.1, 0.15) is 5.52 Å². The van der Waals surface area contributed by atoms with E-state index in [0.29, 0.717) is 10.9 Å². The van der Waals surface area contributed by atoms with E-state index in [1.807, 2.05) is 17.0 Å². The van der Waals surface area contributed by atoms with E-state index in [1.165, 1.54) is 16.6 Å². The molecule has 4 aromatic rings. The Kier molecular flexibility index (Phi) is 5.43. The topological polar surface area (TPSA) is 63.9 Å². The van der Waals surface area contributed by atoms with Crippen LogP contribution in [-0.4, -0.2) is 42.9 Å². The summed E-state index contributed by atoms with van der Waals surface area (Å²) in [7, 11) is 0. The molecule has 4 heterocycles. The molecule has 0 spiro atoms. The normalized spacial score (nSPS) is 16.7. The number of nitrogens with zero attached hydrogens (tertiary/aromatic N) is 5. The number of hydrogen-bond donors (Lipinski definition) is 0. The van der Waals surface area contributed by atoms with Crippen LogP contribution in [0.25, 0.3) is 22.1 Å². The minimum absolute atomic E-state index is 0.147. The molecule has 0 N–H and O–H groups in total. The summed E-state index contributed by atoms with van der Waals surface area (Å²) in [6, 6.07) is 12.6. The number of carbonyl (C=O) groups excluding carboxylic acids is 1. The number of benzene rings is 1. The molecule has 0 aliphatic carbocycles. The predicted octanol–water partition coefficient (Wildman–Crippen LogP) is 4.91. The van der Waals surface area contributed by atoms with E-state index in [9.17, 15) is 4.79 Å². The first-order chi connectivity index (χ1) is 14.8. The third-order valence-corrected chi connectivity index (χ3v) is 7.37. The Bertz CT molecular complexity index is 1190. The van der Waals surface area contributed by atoms with Gasteiger partial charge in [0, 0.05) is 23.4 Å². The van der Waals surface area contributed by atoms with Gasteiger partial charge in [-0.05, 0) is 36.8 Å².